The molecular weight excluding hydrogens is 378 g/mol. The molecule has 1 aromatic heterocycles. The molecule has 6 nitrogen and oxygen atoms in total. The Balaban J connectivity index is 1.30. The lowest BCUT2D eigenvalue weighted by Gasteiger charge is -2.14. The number of ether oxygens (including phenoxy) is 3. The van der Waals surface area contributed by atoms with Gasteiger partial charge in [0, 0.05) is 18.2 Å². The van der Waals surface area contributed by atoms with Crippen molar-refractivity contribution < 1.29 is 24.1 Å². The smallest absolute Gasteiger partial charge is 0.262 e. The van der Waals surface area contributed by atoms with Crippen LogP contribution in [0.5, 0.6) is 17.2 Å². The number of fused-ring (bicyclic) bond motifs is 1. The number of hydrogen-bond acceptors (Lipinski definition) is 6. The van der Waals surface area contributed by atoms with Gasteiger partial charge in [0.25, 0.3) is 5.91 Å². The summed E-state index contributed by atoms with van der Waals surface area (Å²) in [5.41, 5.74) is 1.87. The molecule has 28 heavy (non-hydrogen) atoms. The minimum absolute atomic E-state index is 0.0515. The summed E-state index contributed by atoms with van der Waals surface area (Å²) in [7, 11) is 0. The Hall–Kier alpha value is -3.03. The van der Waals surface area contributed by atoms with Crippen molar-refractivity contribution in [1.29, 1.82) is 0 Å². The molecular formula is C21H19NO5S. The van der Waals surface area contributed by atoms with Crippen molar-refractivity contribution in [2.24, 2.45) is 0 Å². The van der Waals surface area contributed by atoms with E-state index in [0.717, 1.165) is 11.1 Å². The normalized spacial score (nSPS) is 13.2. The maximum Gasteiger partial charge on any atom is 0.262 e. The molecule has 0 spiro atoms. The van der Waals surface area contributed by atoms with Crippen LogP contribution in [0.25, 0.3) is 11.1 Å². The van der Waals surface area contributed by atoms with Gasteiger partial charge in [-0.05, 0) is 29.1 Å². The number of benzene rings is 2. The second kappa shape index (κ2) is 8.33. The molecule has 1 atom stereocenters. The molecule has 0 saturated carbocycles. The lowest BCUT2D eigenvalue weighted by Crippen LogP contribution is -2.35. The number of aliphatic hydroxyl groups excluding tert-OH is 1. The molecule has 0 radical (unpaired) electrons. The van der Waals surface area contributed by atoms with E-state index in [0.29, 0.717) is 22.1 Å². The van der Waals surface area contributed by atoms with E-state index in [1.807, 2.05) is 41.8 Å². The number of thiophene rings is 1. The number of hydrogen-bond donors (Lipinski definition) is 2. The van der Waals surface area contributed by atoms with Gasteiger partial charge in [-0.1, -0.05) is 30.3 Å². The van der Waals surface area contributed by atoms with E-state index in [9.17, 15) is 9.90 Å². The predicted molar refractivity (Wildman–Crippen MR) is 106 cm³/mol. The van der Waals surface area contributed by atoms with E-state index in [1.54, 1.807) is 18.2 Å². The van der Waals surface area contributed by atoms with Crippen molar-refractivity contribution in [3.8, 4) is 28.4 Å². The van der Waals surface area contributed by atoms with Gasteiger partial charge < -0.3 is 24.6 Å². The lowest BCUT2D eigenvalue weighted by atomic mass is 10.1. The zero-order valence-corrected chi connectivity index (χ0v) is 15.8. The van der Waals surface area contributed by atoms with E-state index >= 15 is 0 Å². The van der Waals surface area contributed by atoms with Crippen molar-refractivity contribution in [3.05, 3.63) is 64.9 Å². The highest BCUT2D eigenvalue weighted by atomic mass is 32.1. The summed E-state index contributed by atoms with van der Waals surface area (Å²) in [5.74, 6) is 1.65. The molecule has 0 bridgehead atoms. The highest BCUT2D eigenvalue weighted by Gasteiger charge is 2.17. The molecule has 3 aromatic rings. The molecule has 2 aromatic carbocycles. The van der Waals surface area contributed by atoms with Gasteiger partial charge in [0.2, 0.25) is 6.79 Å². The quantitative estimate of drug-likeness (QED) is 0.640. The molecule has 1 amide bonds. The van der Waals surface area contributed by atoms with E-state index in [4.69, 9.17) is 14.2 Å². The molecule has 2 N–H and O–H groups in total. The van der Waals surface area contributed by atoms with Crippen LogP contribution in [-0.2, 0) is 0 Å². The zero-order valence-electron chi connectivity index (χ0n) is 15.0. The molecule has 0 saturated heterocycles. The summed E-state index contributed by atoms with van der Waals surface area (Å²) in [6.45, 7) is 0.340. The first-order valence-corrected chi connectivity index (χ1v) is 9.70. The van der Waals surface area contributed by atoms with Crippen LogP contribution < -0.4 is 19.5 Å². The third-order valence-electron chi connectivity index (χ3n) is 4.24. The van der Waals surface area contributed by atoms with E-state index in [-0.39, 0.29) is 25.9 Å². The average Bonchev–Trinajstić information content (AvgIpc) is 3.40. The first kappa shape index (κ1) is 18.3. The molecule has 7 heteroatoms. The lowest BCUT2D eigenvalue weighted by molar-refractivity contribution is 0.0847. The van der Waals surface area contributed by atoms with Crippen molar-refractivity contribution >= 4 is 17.2 Å². The molecule has 0 fully saturated rings. The Morgan fingerprint density at radius 3 is 2.82 bits per heavy atom. The van der Waals surface area contributed by atoms with E-state index in [2.05, 4.69) is 5.32 Å². The number of carbonyl (C=O) groups is 1. The third-order valence-corrected chi connectivity index (χ3v) is 5.15. The Morgan fingerprint density at radius 1 is 1.14 bits per heavy atom. The van der Waals surface area contributed by atoms with Gasteiger partial charge in [-0.3, -0.25) is 4.79 Å². The van der Waals surface area contributed by atoms with Crippen LogP contribution in [0.3, 0.4) is 0 Å². The summed E-state index contributed by atoms with van der Waals surface area (Å²) in [6.07, 6.45) is -0.838. The van der Waals surface area contributed by atoms with E-state index < -0.39 is 6.10 Å². The fourth-order valence-electron chi connectivity index (χ4n) is 2.84. The van der Waals surface area contributed by atoms with Crippen LogP contribution in [0.2, 0.25) is 0 Å². The van der Waals surface area contributed by atoms with Gasteiger partial charge in [-0.15, -0.1) is 11.3 Å². The van der Waals surface area contributed by atoms with Gasteiger partial charge in [0.1, 0.15) is 18.5 Å². The Labute approximate surface area is 166 Å². The SMILES string of the molecule is O=C(NCC(O)COc1ccc2c(c1)OCO2)c1sccc1-c1ccccc1. The van der Waals surface area contributed by atoms with Crippen LogP contribution in [-0.4, -0.2) is 37.1 Å². The summed E-state index contributed by atoms with van der Waals surface area (Å²) >= 11 is 1.38. The maximum atomic E-state index is 12.5. The predicted octanol–water partition coefficient (Wildman–Crippen LogP) is 3.31. The molecule has 4 rings (SSSR count). The molecule has 1 aliphatic heterocycles. The number of carbonyl (C=O) groups excluding carboxylic acids is 1. The summed E-state index contributed by atoms with van der Waals surface area (Å²) in [5, 5.41) is 14.8. The molecule has 1 unspecified atom stereocenters. The van der Waals surface area contributed by atoms with Crippen LogP contribution >= 0.6 is 11.3 Å². The highest BCUT2D eigenvalue weighted by molar-refractivity contribution is 7.12. The monoisotopic (exact) mass is 397 g/mol. The fraction of sp³-hybridized carbons (Fsp3) is 0.190. The average molecular weight is 397 g/mol. The second-order valence-corrected chi connectivity index (χ2v) is 7.14. The van der Waals surface area contributed by atoms with Gasteiger partial charge in [-0.25, -0.2) is 0 Å². The van der Waals surface area contributed by atoms with Crippen LogP contribution in [0.15, 0.2) is 60.0 Å². The molecule has 1 aliphatic rings. The third kappa shape index (κ3) is 4.11. The minimum atomic E-state index is -0.838. The molecule has 2 heterocycles. The molecule has 144 valence electrons. The van der Waals surface area contributed by atoms with Gasteiger partial charge in [0.15, 0.2) is 11.5 Å². The topological polar surface area (TPSA) is 77.0 Å². The number of rotatable bonds is 7. The van der Waals surface area contributed by atoms with Crippen molar-refractivity contribution in [2.75, 3.05) is 19.9 Å². The maximum absolute atomic E-state index is 12.5. The van der Waals surface area contributed by atoms with E-state index in [1.165, 1.54) is 11.3 Å². The van der Waals surface area contributed by atoms with Gasteiger partial charge in [-0.2, -0.15) is 0 Å². The van der Waals surface area contributed by atoms with Crippen LogP contribution in [0.1, 0.15) is 9.67 Å². The Kier molecular flexibility index (Phi) is 5.45. The number of nitrogens with one attached hydrogen (secondary N) is 1. The largest absolute Gasteiger partial charge is 0.491 e. The zero-order chi connectivity index (χ0) is 19.3. The second-order valence-electron chi connectivity index (χ2n) is 6.22. The summed E-state index contributed by atoms with van der Waals surface area (Å²) in [6, 6.07) is 16.9. The van der Waals surface area contributed by atoms with Crippen molar-refractivity contribution in [1.82, 2.24) is 5.32 Å². The van der Waals surface area contributed by atoms with Crippen LogP contribution in [0.4, 0.5) is 0 Å². The van der Waals surface area contributed by atoms with Gasteiger partial charge in [0.05, 0.1) is 4.88 Å². The summed E-state index contributed by atoms with van der Waals surface area (Å²) < 4.78 is 16.1. The number of amides is 1. The van der Waals surface area contributed by atoms with Gasteiger partial charge >= 0.3 is 0 Å². The van der Waals surface area contributed by atoms with Crippen molar-refractivity contribution in [2.45, 2.75) is 6.10 Å². The van der Waals surface area contributed by atoms with Crippen molar-refractivity contribution in [3.63, 3.8) is 0 Å². The van der Waals surface area contributed by atoms with Crippen LogP contribution in [0, 0.1) is 0 Å². The minimum Gasteiger partial charge on any atom is -0.491 e. The standard InChI is InChI=1S/C21H19NO5S/c23-15(12-25-16-6-7-18-19(10-16)27-13-26-18)11-22-21(24)20-17(8-9-28-20)14-4-2-1-3-5-14/h1-10,15,23H,11-13H2,(H,22,24). The Bertz CT molecular complexity index is 956. The molecule has 0 aliphatic carbocycles. The highest BCUT2D eigenvalue weighted by Crippen LogP contribution is 2.35. The first-order valence-electron chi connectivity index (χ1n) is 8.82. The first-order chi connectivity index (χ1) is 13.7. The number of aliphatic hydroxyl groups is 1. The summed E-state index contributed by atoms with van der Waals surface area (Å²) in [4.78, 5) is 13.1. The Morgan fingerprint density at radius 2 is 1.96 bits per heavy atom. The fourth-order valence-corrected chi connectivity index (χ4v) is 3.67.